The molecule has 0 unspecified atom stereocenters. The van der Waals surface area contributed by atoms with Gasteiger partial charge in [0.15, 0.2) is 5.16 Å². The van der Waals surface area contributed by atoms with Crippen molar-refractivity contribution < 1.29 is 13.2 Å². The maximum atomic E-state index is 12.9. The normalized spacial score (nSPS) is 15.9. The zero-order valence-electron chi connectivity index (χ0n) is 15.5. The van der Waals surface area contributed by atoms with Crippen molar-refractivity contribution in [2.45, 2.75) is 5.16 Å². The van der Waals surface area contributed by atoms with Crippen molar-refractivity contribution in [2.24, 2.45) is 0 Å². The second-order valence-corrected chi connectivity index (χ2v) is 9.63. The number of hydrogen-bond donors (Lipinski definition) is 0. The molecule has 0 spiro atoms. The average molecular weight is 409 g/mol. The molecule has 1 aromatic carbocycles. The van der Waals surface area contributed by atoms with Crippen molar-refractivity contribution in [3.8, 4) is 5.69 Å². The maximum Gasteiger partial charge on any atom is 0.254 e. The highest BCUT2D eigenvalue weighted by Crippen LogP contribution is 2.20. The van der Waals surface area contributed by atoms with Gasteiger partial charge in [0.1, 0.15) is 9.84 Å². The molecule has 0 atom stereocenters. The van der Waals surface area contributed by atoms with Gasteiger partial charge in [-0.05, 0) is 24.5 Å². The summed E-state index contributed by atoms with van der Waals surface area (Å²) < 4.78 is 24.6. The fourth-order valence-electron chi connectivity index (χ4n) is 3.08. The summed E-state index contributed by atoms with van der Waals surface area (Å²) >= 11 is 1.55. The van der Waals surface area contributed by atoms with Gasteiger partial charge < -0.3 is 4.90 Å². The van der Waals surface area contributed by atoms with Gasteiger partial charge in [0.2, 0.25) is 0 Å². The van der Waals surface area contributed by atoms with Gasteiger partial charge in [-0.15, -0.1) is 0 Å². The molecule has 27 heavy (non-hydrogen) atoms. The second kappa shape index (κ2) is 8.45. The summed E-state index contributed by atoms with van der Waals surface area (Å²) in [5.41, 5.74) is 1.56. The highest BCUT2D eigenvalue weighted by molar-refractivity contribution is 7.98. The van der Waals surface area contributed by atoms with E-state index in [4.69, 9.17) is 0 Å². The van der Waals surface area contributed by atoms with Gasteiger partial charge in [-0.1, -0.05) is 17.8 Å². The number of imidazole rings is 1. The Kier molecular flexibility index (Phi) is 6.23. The zero-order valence-corrected chi connectivity index (χ0v) is 17.2. The van der Waals surface area contributed by atoms with E-state index in [0.717, 1.165) is 10.8 Å². The van der Waals surface area contributed by atoms with E-state index >= 15 is 0 Å². The Bertz CT molecular complexity index is 903. The van der Waals surface area contributed by atoms with E-state index in [1.807, 2.05) is 46.2 Å². The Morgan fingerprint density at radius 2 is 1.96 bits per heavy atom. The van der Waals surface area contributed by atoms with Crippen LogP contribution in [-0.4, -0.2) is 84.7 Å². The van der Waals surface area contributed by atoms with Gasteiger partial charge in [0.05, 0.1) is 5.75 Å². The number of hydrogen-bond acceptors (Lipinski definition) is 6. The first-order valence-corrected chi connectivity index (χ1v) is 12.0. The molecule has 1 aliphatic rings. The van der Waals surface area contributed by atoms with Crippen molar-refractivity contribution in [3.63, 3.8) is 0 Å². The minimum absolute atomic E-state index is 0.00503. The number of thioether (sulfide) groups is 1. The number of nitrogens with zero attached hydrogens (tertiary/aromatic N) is 4. The van der Waals surface area contributed by atoms with E-state index in [1.165, 1.54) is 6.26 Å². The predicted octanol–water partition coefficient (Wildman–Crippen LogP) is 1.40. The lowest BCUT2D eigenvalue weighted by atomic mass is 10.1. The Hall–Kier alpha value is -1.84. The van der Waals surface area contributed by atoms with E-state index < -0.39 is 9.84 Å². The van der Waals surface area contributed by atoms with Crippen LogP contribution in [0.5, 0.6) is 0 Å². The van der Waals surface area contributed by atoms with Crippen LogP contribution in [0.15, 0.2) is 41.8 Å². The van der Waals surface area contributed by atoms with Crippen molar-refractivity contribution in [3.05, 3.63) is 42.2 Å². The lowest BCUT2D eigenvalue weighted by Crippen LogP contribution is -2.49. The van der Waals surface area contributed by atoms with Crippen LogP contribution in [-0.2, 0) is 9.84 Å². The van der Waals surface area contributed by atoms with E-state index in [1.54, 1.807) is 18.0 Å². The van der Waals surface area contributed by atoms with E-state index in [0.29, 0.717) is 38.3 Å². The molecule has 146 valence electrons. The van der Waals surface area contributed by atoms with E-state index in [2.05, 4.69) is 9.88 Å². The lowest BCUT2D eigenvalue weighted by Gasteiger charge is -2.34. The fourth-order valence-corrected chi connectivity index (χ4v) is 4.20. The first-order valence-electron chi connectivity index (χ1n) is 8.74. The highest BCUT2D eigenvalue weighted by Gasteiger charge is 2.23. The van der Waals surface area contributed by atoms with Gasteiger partial charge in [0.25, 0.3) is 5.91 Å². The van der Waals surface area contributed by atoms with Crippen LogP contribution in [0.3, 0.4) is 0 Å². The lowest BCUT2D eigenvalue weighted by molar-refractivity contribution is 0.0644. The standard InChI is InChI=1S/C18H24N4O3S2/c1-26-18-19-6-7-22(18)16-5-3-4-15(14-16)17(23)21-10-8-20(9-11-21)12-13-27(2,24)25/h3-7,14H,8-13H2,1-2H3. The molecule has 1 fully saturated rings. The molecule has 0 aliphatic carbocycles. The Balaban J connectivity index is 1.65. The number of amides is 1. The zero-order chi connectivity index (χ0) is 19.4. The van der Waals surface area contributed by atoms with Crippen molar-refractivity contribution in [1.82, 2.24) is 19.4 Å². The molecule has 0 saturated carbocycles. The van der Waals surface area contributed by atoms with Crippen molar-refractivity contribution in [1.29, 1.82) is 0 Å². The van der Waals surface area contributed by atoms with Gasteiger partial charge in [-0.25, -0.2) is 13.4 Å². The van der Waals surface area contributed by atoms with Crippen LogP contribution in [0.25, 0.3) is 5.69 Å². The molecule has 3 rings (SSSR count). The molecular formula is C18H24N4O3S2. The second-order valence-electron chi connectivity index (χ2n) is 6.60. The summed E-state index contributed by atoms with van der Waals surface area (Å²) in [6.07, 6.45) is 6.85. The molecule has 0 radical (unpaired) electrons. The molecule has 2 aromatic rings. The van der Waals surface area contributed by atoms with Gasteiger partial charge >= 0.3 is 0 Å². The SMILES string of the molecule is CSc1nccn1-c1cccc(C(=O)N2CCN(CCS(C)(=O)=O)CC2)c1. The Morgan fingerprint density at radius 3 is 2.63 bits per heavy atom. The van der Waals surface area contributed by atoms with Crippen LogP contribution >= 0.6 is 11.8 Å². The number of aromatic nitrogens is 2. The van der Waals surface area contributed by atoms with Crippen molar-refractivity contribution >= 4 is 27.5 Å². The Labute approximate surface area is 164 Å². The number of piperazine rings is 1. The van der Waals surface area contributed by atoms with Gasteiger partial charge in [-0.2, -0.15) is 0 Å². The molecular weight excluding hydrogens is 384 g/mol. The number of sulfone groups is 1. The molecule has 9 heteroatoms. The number of rotatable bonds is 6. The smallest absolute Gasteiger partial charge is 0.254 e. The number of carbonyl (C=O) groups excluding carboxylic acids is 1. The first-order chi connectivity index (χ1) is 12.9. The number of carbonyl (C=O) groups is 1. The summed E-state index contributed by atoms with van der Waals surface area (Å²) in [7, 11) is -2.96. The highest BCUT2D eigenvalue weighted by atomic mass is 32.2. The molecule has 1 aliphatic heterocycles. The molecule has 1 aromatic heterocycles. The molecule has 1 amide bonds. The summed E-state index contributed by atoms with van der Waals surface area (Å²) in [4.78, 5) is 21.1. The van der Waals surface area contributed by atoms with E-state index in [-0.39, 0.29) is 11.7 Å². The average Bonchev–Trinajstić information content (AvgIpc) is 3.14. The predicted molar refractivity (Wildman–Crippen MR) is 107 cm³/mol. The largest absolute Gasteiger partial charge is 0.336 e. The van der Waals surface area contributed by atoms with Gasteiger partial charge in [-0.3, -0.25) is 14.3 Å². The molecule has 7 nitrogen and oxygen atoms in total. The first kappa shape index (κ1) is 19.9. The van der Waals surface area contributed by atoms with Crippen LogP contribution in [0.2, 0.25) is 0 Å². The van der Waals surface area contributed by atoms with E-state index in [9.17, 15) is 13.2 Å². The minimum atomic E-state index is -2.96. The third-order valence-corrected chi connectivity index (χ3v) is 6.19. The maximum absolute atomic E-state index is 12.9. The molecule has 1 saturated heterocycles. The summed E-state index contributed by atoms with van der Waals surface area (Å²) in [5.74, 6) is 0.163. The molecule has 2 heterocycles. The van der Waals surface area contributed by atoms with Gasteiger partial charge in [0, 0.05) is 62.6 Å². The quantitative estimate of drug-likeness (QED) is 0.673. The third-order valence-electron chi connectivity index (χ3n) is 4.60. The summed E-state index contributed by atoms with van der Waals surface area (Å²) in [5, 5.41) is 0.874. The summed E-state index contributed by atoms with van der Waals surface area (Å²) in [6.45, 7) is 3.12. The van der Waals surface area contributed by atoms with Crippen LogP contribution in [0.1, 0.15) is 10.4 Å². The Morgan fingerprint density at radius 1 is 1.22 bits per heavy atom. The molecule has 0 bridgehead atoms. The molecule has 0 N–H and O–H groups in total. The van der Waals surface area contributed by atoms with Crippen LogP contribution in [0.4, 0.5) is 0 Å². The van der Waals surface area contributed by atoms with Crippen LogP contribution in [0, 0.1) is 0 Å². The minimum Gasteiger partial charge on any atom is -0.336 e. The summed E-state index contributed by atoms with van der Waals surface area (Å²) in [6, 6.07) is 7.56. The van der Waals surface area contributed by atoms with Crippen LogP contribution < -0.4 is 0 Å². The monoisotopic (exact) mass is 408 g/mol. The number of benzene rings is 1. The third kappa shape index (κ3) is 5.12. The fraction of sp³-hybridized carbons (Fsp3) is 0.444. The topological polar surface area (TPSA) is 75.5 Å². The van der Waals surface area contributed by atoms with Crippen molar-refractivity contribution in [2.75, 3.05) is 51.0 Å².